The first kappa shape index (κ1) is 13.7. The number of nitrogen functional groups attached to an aromatic ring is 1. The molecule has 0 aromatic heterocycles. The fraction of sp³-hybridized carbons (Fsp3) is 0.533. The van der Waals surface area contributed by atoms with Crippen molar-refractivity contribution in [1.82, 2.24) is 0 Å². The van der Waals surface area contributed by atoms with Gasteiger partial charge in [0.25, 0.3) is 5.91 Å². The molecule has 1 aliphatic rings. The molecule has 104 valence electrons. The number of hydrogen-bond donors (Lipinski definition) is 2. The first-order valence-electron chi connectivity index (χ1n) is 6.73. The van der Waals surface area contributed by atoms with E-state index >= 15 is 0 Å². The number of nitrogens with zero attached hydrogens (tertiary/aromatic N) is 1. The van der Waals surface area contributed by atoms with Gasteiger partial charge >= 0.3 is 0 Å². The smallest absolute Gasteiger partial charge is 0.250 e. The number of anilines is 2. The van der Waals surface area contributed by atoms with E-state index in [1.54, 1.807) is 6.07 Å². The van der Waals surface area contributed by atoms with Crippen LogP contribution < -0.4 is 16.4 Å². The Morgan fingerprint density at radius 2 is 2.05 bits per heavy atom. The first-order chi connectivity index (χ1) is 8.79. The van der Waals surface area contributed by atoms with E-state index in [2.05, 4.69) is 25.7 Å². The van der Waals surface area contributed by atoms with Crippen molar-refractivity contribution in [3.05, 3.63) is 23.8 Å². The highest BCUT2D eigenvalue weighted by atomic mass is 16.1. The van der Waals surface area contributed by atoms with Crippen LogP contribution in [0, 0.1) is 11.3 Å². The summed E-state index contributed by atoms with van der Waals surface area (Å²) in [5, 5.41) is 0. The molecule has 4 heteroatoms. The Morgan fingerprint density at radius 1 is 1.37 bits per heavy atom. The Hall–Kier alpha value is -1.71. The van der Waals surface area contributed by atoms with Crippen LogP contribution in [-0.4, -0.2) is 19.0 Å². The summed E-state index contributed by atoms with van der Waals surface area (Å²) in [6, 6.07) is 5.54. The average molecular weight is 261 g/mol. The zero-order valence-corrected chi connectivity index (χ0v) is 11.9. The van der Waals surface area contributed by atoms with Gasteiger partial charge in [-0.25, -0.2) is 0 Å². The van der Waals surface area contributed by atoms with Gasteiger partial charge < -0.3 is 16.4 Å². The Balaban J connectivity index is 2.20. The molecule has 0 aliphatic carbocycles. The maximum Gasteiger partial charge on any atom is 0.250 e. The number of amides is 1. The Bertz CT molecular complexity index is 491. The van der Waals surface area contributed by atoms with Gasteiger partial charge in [-0.2, -0.15) is 0 Å². The predicted molar refractivity (Wildman–Crippen MR) is 79.1 cm³/mol. The van der Waals surface area contributed by atoms with E-state index in [-0.39, 0.29) is 0 Å². The fourth-order valence-electron chi connectivity index (χ4n) is 2.66. The monoisotopic (exact) mass is 261 g/mol. The van der Waals surface area contributed by atoms with Crippen molar-refractivity contribution in [2.45, 2.75) is 27.2 Å². The quantitative estimate of drug-likeness (QED) is 0.802. The third-order valence-corrected chi connectivity index (χ3v) is 4.08. The van der Waals surface area contributed by atoms with Crippen molar-refractivity contribution in [2.24, 2.45) is 17.1 Å². The Morgan fingerprint density at radius 3 is 2.58 bits per heavy atom. The van der Waals surface area contributed by atoms with E-state index in [9.17, 15) is 4.79 Å². The van der Waals surface area contributed by atoms with Crippen molar-refractivity contribution in [1.29, 1.82) is 0 Å². The van der Waals surface area contributed by atoms with Gasteiger partial charge in [-0.15, -0.1) is 0 Å². The highest BCUT2D eigenvalue weighted by molar-refractivity contribution is 5.99. The third kappa shape index (κ3) is 2.83. The van der Waals surface area contributed by atoms with Crippen LogP contribution in [0.2, 0.25) is 0 Å². The van der Waals surface area contributed by atoms with E-state index in [1.165, 1.54) is 6.42 Å². The third-order valence-electron chi connectivity index (χ3n) is 4.08. The van der Waals surface area contributed by atoms with Crippen LogP contribution in [0.15, 0.2) is 18.2 Å². The Labute approximate surface area is 114 Å². The molecule has 0 spiro atoms. The molecular weight excluding hydrogens is 238 g/mol. The summed E-state index contributed by atoms with van der Waals surface area (Å²) in [4.78, 5) is 13.6. The van der Waals surface area contributed by atoms with E-state index in [0.717, 1.165) is 18.8 Å². The minimum atomic E-state index is -0.467. The van der Waals surface area contributed by atoms with Crippen LogP contribution in [0.4, 0.5) is 11.4 Å². The molecule has 0 bridgehead atoms. The lowest BCUT2D eigenvalue weighted by atomic mass is 9.80. The van der Waals surface area contributed by atoms with Crippen LogP contribution in [-0.2, 0) is 0 Å². The van der Waals surface area contributed by atoms with Gasteiger partial charge in [-0.1, -0.05) is 20.8 Å². The molecule has 0 radical (unpaired) electrons. The lowest BCUT2D eigenvalue weighted by Crippen LogP contribution is -2.26. The summed E-state index contributed by atoms with van der Waals surface area (Å²) in [5.74, 6) is 0.202. The lowest BCUT2D eigenvalue weighted by Gasteiger charge is -2.27. The highest BCUT2D eigenvalue weighted by Gasteiger charge is 2.32. The highest BCUT2D eigenvalue weighted by Crippen LogP contribution is 2.36. The molecule has 4 N–H and O–H groups in total. The standard InChI is InChI=1S/C15H23N3O/c1-15(2,3)10-6-7-18(9-10)11-4-5-13(16)12(8-11)14(17)19/h4-5,8,10H,6-7,9,16H2,1-3H3,(H2,17,19). The number of hydrogen-bond acceptors (Lipinski definition) is 3. The van der Waals surface area contributed by atoms with Gasteiger partial charge in [0.2, 0.25) is 0 Å². The van der Waals surface area contributed by atoms with Crippen molar-refractivity contribution < 1.29 is 4.79 Å². The molecule has 2 rings (SSSR count). The molecular formula is C15H23N3O. The minimum absolute atomic E-state index is 0.315. The molecule has 1 amide bonds. The van der Waals surface area contributed by atoms with Crippen molar-refractivity contribution in [3.8, 4) is 0 Å². The van der Waals surface area contributed by atoms with Gasteiger partial charge in [-0.05, 0) is 36.0 Å². The van der Waals surface area contributed by atoms with Gasteiger partial charge in [0.15, 0.2) is 0 Å². The number of benzene rings is 1. The van der Waals surface area contributed by atoms with Gasteiger partial charge in [0, 0.05) is 24.5 Å². The molecule has 4 nitrogen and oxygen atoms in total. The molecule has 1 saturated heterocycles. The second-order valence-electron chi connectivity index (χ2n) is 6.43. The minimum Gasteiger partial charge on any atom is -0.398 e. The maximum absolute atomic E-state index is 11.3. The molecule has 1 atom stereocenters. The second kappa shape index (κ2) is 4.76. The normalized spacial score (nSPS) is 19.7. The summed E-state index contributed by atoms with van der Waals surface area (Å²) in [6.45, 7) is 8.87. The molecule has 1 unspecified atom stereocenters. The first-order valence-corrected chi connectivity index (χ1v) is 6.73. The Kier molecular flexibility index (Phi) is 3.43. The number of primary amides is 1. The topological polar surface area (TPSA) is 72.3 Å². The number of carbonyl (C=O) groups excluding carboxylic acids is 1. The van der Waals surface area contributed by atoms with Gasteiger partial charge in [0.05, 0.1) is 5.56 Å². The van der Waals surface area contributed by atoms with E-state index in [0.29, 0.717) is 22.6 Å². The SMILES string of the molecule is CC(C)(C)C1CCN(c2ccc(N)c(C(N)=O)c2)C1. The number of nitrogens with two attached hydrogens (primary N) is 2. The summed E-state index contributed by atoms with van der Waals surface area (Å²) in [5.41, 5.74) is 13.3. The fourth-order valence-corrected chi connectivity index (χ4v) is 2.66. The second-order valence-corrected chi connectivity index (χ2v) is 6.43. The number of carbonyl (C=O) groups is 1. The molecule has 1 heterocycles. The van der Waals surface area contributed by atoms with Crippen molar-refractivity contribution in [2.75, 3.05) is 23.7 Å². The van der Waals surface area contributed by atoms with E-state index in [1.807, 2.05) is 12.1 Å². The van der Waals surface area contributed by atoms with Crippen molar-refractivity contribution >= 4 is 17.3 Å². The molecule has 1 aromatic rings. The van der Waals surface area contributed by atoms with Crippen LogP contribution in [0.25, 0.3) is 0 Å². The number of rotatable bonds is 2. The summed E-state index contributed by atoms with van der Waals surface area (Å²) in [6.07, 6.45) is 1.18. The summed E-state index contributed by atoms with van der Waals surface area (Å²) >= 11 is 0. The molecule has 1 aliphatic heterocycles. The van der Waals surface area contributed by atoms with Crippen molar-refractivity contribution in [3.63, 3.8) is 0 Å². The zero-order chi connectivity index (χ0) is 14.2. The maximum atomic E-state index is 11.3. The van der Waals surface area contributed by atoms with Gasteiger partial charge in [0.1, 0.15) is 0 Å². The molecule has 0 saturated carbocycles. The average Bonchev–Trinajstić information content (AvgIpc) is 2.78. The lowest BCUT2D eigenvalue weighted by molar-refractivity contribution is 0.100. The van der Waals surface area contributed by atoms with Crippen LogP contribution >= 0.6 is 0 Å². The summed E-state index contributed by atoms with van der Waals surface area (Å²) in [7, 11) is 0. The molecule has 1 aromatic carbocycles. The zero-order valence-electron chi connectivity index (χ0n) is 11.9. The van der Waals surface area contributed by atoms with Crippen LogP contribution in [0.5, 0.6) is 0 Å². The van der Waals surface area contributed by atoms with Crippen LogP contribution in [0.3, 0.4) is 0 Å². The van der Waals surface area contributed by atoms with E-state index < -0.39 is 5.91 Å². The molecule has 19 heavy (non-hydrogen) atoms. The van der Waals surface area contributed by atoms with Crippen LogP contribution in [0.1, 0.15) is 37.6 Å². The summed E-state index contributed by atoms with van der Waals surface area (Å²) < 4.78 is 0. The van der Waals surface area contributed by atoms with Gasteiger partial charge in [-0.3, -0.25) is 4.79 Å². The predicted octanol–water partition coefficient (Wildman–Crippen LogP) is 2.24. The van der Waals surface area contributed by atoms with E-state index in [4.69, 9.17) is 11.5 Å². The molecule has 1 fully saturated rings. The largest absolute Gasteiger partial charge is 0.398 e.